The largest absolute Gasteiger partial charge is 0.482 e. The molecule has 11 heteroatoms. The van der Waals surface area contributed by atoms with Crippen molar-refractivity contribution in [3.8, 4) is 5.75 Å². The first-order valence-corrected chi connectivity index (χ1v) is 8.62. The molecule has 136 valence electrons. The third-order valence-corrected chi connectivity index (χ3v) is 4.68. The second-order valence-corrected chi connectivity index (χ2v) is 6.88. The Morgan fingerprint density at radius 1 is 1.32 bits per heavy atom. The number of hydrogen-bond acceptors (Lipinski definition) is 4. The van der Waals surface area contributed by atoms with Crippen LogP contribution in [0.15, 0.2) is 34.5 Å². The van der Waals surface area contributed by atoms with Crippen LogP contribution in [0.2, 0.25) is 5.02 Å². The van der Waals surface area contributed by atoms with E-state index in [1.807, 2.05) is 0 Å². The Morgan fingerprint density at radius 2 is 2.04 bits per heavy atom. The predicted molar refractivity (Wildman–Crippen MR) is 87.1 cm³/mol. The molecule has 25 heavy (non-hydrogen) atoms. The van der Waals surface area contributed by atoms with E-state index in [1.165, 1.54) is 23.6 Å². The van der Waals surface area contributed by atoms with Crippen molar-refractivity contribution in [2.24, 2.45) is 0 Å². The summed E-state index contributed by atoms with van der Waals surface area (Å²) in [6, 6.07) is 5.09. The smallest absolute Gasteiger partial charge is 0.422 e. The van der Waals surface area contributed by atoms with E-state index in [0.717, 1.165) is 17.4 Å². The number of carbonyl (C=O) groups is 1. The van der Waals surface area contributed by atoms with Crippen LogP contribution in [0.25, 0.3) is 0 Å². The number of thioether (sulfide) groups is 1. The van der Waals surface area contributed by atoms with E-state index < -0.39 is 24.4 Å². The number of nitrogens with one attached hydrogen (secondary N) is 1. The Kier molecular flexibility index (Phi) is 6.53. The summed E-state index contributed by atoms with van der Waals surface area (Å²) in [7, 11) is 0. The summed E-state index contributed by atoms with van der Waals surface area (Å²) in [5.74, 6) is -3.72. The molecule has 1 aromatic carbocycles. The summed E-state index contributed by atoms with van der Waals surface area (Å²) in [6.45, 7) is -1.57. The molecule has 0 unspecified atom stereocenters. The zero-order valence-electron chi connectivity index (χ0n) is 12.1. The maximum atomic E-state index is 12.5. The molecule has 0 spiro atoms. The first-order valence-electron chi connectivity index (χ1n) is 6.48. The quantitative estimate of drug-likeness (QED) is 0.469. The third kappa shape index (κ3) is 6.05. The number of thiophene rings is 1. The van der Waals surface area contributed by atoms with Crippen LogP contribution in [0.1, 0.15) is 9.67 Å². The van der Waals surface area contributed by atoms with Gasteiger partial charge in [0.15, 0.2) is 6.61 Å². The van der Waals surface area contributed by atoms with Crippen LogP contribution < -0.4 is 10.1 Å². The average molecular weight is 418 g/mol. The van der Waals surface area contributed by atoms with Gasteiger partial charge in [-0.1, -0.05) is 23.4 Å². The van der Waals surface area contributed by atoms with E-state index in [4.69, 9.17) is 11.6 Å². The summed E-state index contributed by atoms with van der Waals surface area (Å²) in [6.07, 6.45) is -4.57. The lowest BCUT2D eigenvalue weighted by atomic mass is 10.3. The summed E-state index contributed by atoms with van der Waals surface area (Å²) in [4.78, 5) is 12.3. The molecular weight excluding hydrogens is 409 g/mol. The summed E-state index contributed by atoms with van der Waals surface area (Å²) >= 11 is 6.87. The monoisotopic (exact) mass is 417 g/mol. The van der Waals surface area contributed by atoms with Gasteiger partial charge in [0.05, 0.1) is 5.69 Å². The van der Waals surface area contributed by atoms with E-state index in [-0.39, 0.29) is 38.0 Å². The summed E-state index contributed by atoms with van der Waals surface area (Å²) in [5.41, 5.74) is -0.0555. The molecule has 1 aromatic heterocycles. The van der Waals surface area contributed by atoms with Crippen LogP contribution in [-0.2, 0) is 0 Å². The highest BCUT2D eigenvalue weighted by molar-refractivity contribution is 7.99. The van der Waals surface area contributed by atoms with Gasteiger partial charge in [0.1, 0.15) is 10.6 Å². The molecule has 0 aliphatic heterocycles. The number of benzene rings is 1. The fourth-order valence-corrected chi connectivity index (χ4v) is 3.47. The van der Waals surface area contributed by atoms with Gasteiger partial charge in [-0.3, -0.25) is 4.79 Å². The van der Waals surface area contributed by atoms with Crippen molar-refractivity contribution >= 4 is 46.3 Å². The molecule has 3 nitrogen and oxygen atoms in total. The van der Waals surface area contributed by atoms with Crippen LogP contribution in [0.4, 0.5) is 27.6 Å². The van der Waals surface area contributed by atoms with Crippen LogP contribution >= 0.6 is 34.7 Å². The van der Waals surface area contributed by atoms with Crippen molar-refractivity contribution in [2.75, 3.05) is 11.9 Å². The Hall–Kier alpha value is -1.52. The number of alkyl halides is 5. The molecule has 1 N–H and O–H groups in total. The van der Waals surface area contributed by atoms with Gasteiger partial charge in [-0.2, -0.15) is 22.0 Å². The SMILES string of the molecule is O=C(Nc1ccc(Cl)cc1OCC(F)(F)F)c1sccc1SC(F)F. The minimum atomic E-state index is -4.57. The number of amides is 1. The van der Waals surface area contributed by atoms with Crippen molar-refractivity contribution in [3.63, 3.8) is 0 Å². The molecule has 0 saturated carbocycles. The Labute approximate surface area is 152 Å². The second-order valence-electron chi connectivity index (χ2n) is 4.49. The number of anilines is 1. The van der Waals surface area contributed by atoms with Gasteiger partial charge in [0.2, 0.25) is 0 Å². The lowest BCUT2D eigenvalue weighted by Gasteiger charge is -2.14. The molecule has 0 radical (unpaired) electrons. The zero-order chi connectivity index (χ0) is 18.6. The van der Waals surface area contributed by atoms with Gasteiger partial charge in [-0.25, -0.2) is 0 Å². The number of ether oxygens (including phenoxy) is 1. The average Bonchev–Trinajstić information content (AvgIpc) is 2.94. The second kappa shape index (κ2) is 8.24. The van der Waals surface area contributed by atoms with Crippen molar-refractivity contribution in [3.05, 3.63) is 39.5 Å². The topological polar surface area (TPSA) is 38.3 Å². The minimum Gasteiger partial charge on any atom is -0.482 e. The highest BCUT2D eigenvalue weighted by Gasteiger charge is 2.29. The molecule has 0 atom stereocenters. The van der Waals surface area contributed by atoms with Crippen LogP contribution in [-0.4, -0.2) is 24.4 Å². The van der Waals surface area contributed by atoms with E-state index in [2.05, 4.69) is 10.1 Å². The molecule has 0 aliphatic rings. The highest BCUT2D eigenvalue weighted by atomic mass is 35.5. The third-order valence-electron chi connectivity index (χ3n) is 2.63. The Balaban J connectivity index is 2.19. The molecule has 0 aliphatic carbocycles. The molecular formula is C14H9ClF5NO2S2. The lowest BCUT2D eigenvalue weighted by Crippen LogP contribution is -2.20. The van der Waals surface area contributed by atoms with Crippen molar-refractivity contribution in [2.45, 2.75) is 16.8 Å². The Morgan fingerprint density at radius 3 is 2.68 bits per heavy atom. The molecule has 1 heterocycles. The highest BCUT2D eigenvalue weighted by Crippen LogP contribution is 2.34. The van der Waals surface area contributed by atoms with Gasteiger partial charge < -0.3 is 10.1 Å². The number of hydrogen-bond donors (Lipinski definition) is 1. The van der Waals surface area contributed by atoms with Gasteiger partial charge in [-0.05, 0) is 23.6 Å². The van der Waals surface area contributed by atoms with Crippen LogP contribution in [0.3, 0.4) is 0 Å². The fourth-order valence-electron chi connectivity index (χ4n) is 1.71. The molecule has 0 fully saturated rings. The lowest BCUT2D eigenvalue weighted by molar-refractivity contribution is -0.153. The molecule has 0 saturated heterocycles. The van der Waals surface area contributed by atoms with Crippen LogP contribution in [0.5, 0.6) is 5.75 Å². The number of rotatable bonds is 6. The molecule has 2 aromatic rings. The standard InChI is InChI=1S/C14H9ClF5NO2S2/c15-7-1-2-8(9(5-7)23-6-14(18,19)20)21-12(22)11-10(3-4-24-11)25-13(16)17/h1-5,13H,6H2,(H,21,22). The van der Waals surface area contributed by atoms with Gasteiger partial charge in [0.25, 0.3) is 11.7 Å². The number of halogens is 6. The van der Waals surface area contributed by atoms with E-state index in [0.29, 0.717) is 0 Å². The van der Waals surface area contributed by atoms with E-state index >= 15 is 0 Å². The maximum absolute atomic E-state index is 12.5. The van der Waals surface area contributed by atoms with Crippen molar-refractivity contribution < 1.29 is 31.5 Å². The van der Waals surface area contributed by atoms with E-state index in [1.54, 1.807) is 0 Å². The zero-order valence-corrected chi connectivity index (χ0v) is 14.5. The van der Waals surface area contributed by atoms with Gasteiger partial charge >= 0.3 is 6.18 Å². The fraction of sp³-hybridized carbons (Fsp3) is 0.214. The van der Waals surface area contributed by atoms with Gasteiger partial charge in [0, 0.05) is 16.0 Å². The predicted octanol–water partition coefficient (Wildman–Crippen LogP) is 5.91. The summed E-state index contributed by atoms with van der Waals surface area (Å²) in [5, 5.41) is 3.92. The first-order chi connectivity index (χ1) is 11.7. The normalized spacial score (nSPS) is 11.6. The molecule has 2 rings (SSSR count). The van der Waals surface area contributed by atoms with E-state index in [9.17, 15) is 26.7 Å². The molecule has 0 bridgehead atoms. The van der Waals surface area contributed by atoms with Crippen LogP contribution in [0, 0.1) is 0 Å². The van der Waals surface area contributed by atoms with Crippen molar-refractivity contribution in [1.82, 2.24) is 0 Å². The van der Waals surface area contributed by atoms with Crippen molar-refractivity contribution in [1.29, 1.82) is 0 Å². The minimum absolute atomic E-state index is 0.0158. The summed E-state index contributed by atoms with van der Waals surface area (Å²) < 4.78 is 66.6. The first kappa shape index (κ1) is 19.8. The van der Waals surface area contributed by atoms with Gasteiger partial charge in [-0.15, -0.1) is 11.3 Å². The molecule has 1 amide bonds. The Bertz CT molecular complexity index is 751. The maximum Gasteiger partial charge on any atom is 0.422 e. The number of carbonyl (C=O) groups excluding carboxylic acids is 1.